The van der Waals surface area contributed by atoms with Crippen molar-refractivity contribution in [3.05, 3.63) is 48.5 Å². The minimum Gasteiger partial charge on any atom is -0.497 e. The van der Waals surface area contributed by atoms with Crippen LogP contribution in [0.2, 0.25) is 0 Å². The lowest BCUT2D eigenvalue weighted by molar-refractivity contribution is -0.137. The fourth-order valence-electron chi connectivity index (χ4n) is 3.82. The molecular weight excluding hydrogens is 396 g/mol. The minimum absolute atomic E-state index is 0.232. The molecule has 0 aliphatic rings. The van der Waals surface area contributed by atoms with Crippen molar-refractivity contribution in [1.29, 1.82) is 0 Å². The number of hydrogen-bond acceptors (Lipinski definition) is 6. The lowest BCUT2D eigenvalue weighted by atomic mass is 9.72. The van der Waals surface area contributed by atoms with Crippen LogP contribution in [0.25, 0.3) is 0 Å². The molecule has 2 rings (SSSR count). The van der Waals surface area contributed by atoms with Crippen molar-refractivity contribution in [3.63, 3.8) is 0 Å². The summed E-state index contributed by atoms with van der Waals surface area (Å²) in [6.45, 7) is 8.00. The van der Waals surface area contributed by atoms with Gasteiger partial charge >= 0.3 is 11.9 Å². The predicted octanol–water partition coefficient (Wildman–Crippen LogP) is 5.44. The van der Waals surface area contributed by atoms with Gasteiger partial charge in [0.1, 0.15) is 23.0 Å². The SMILES string of the molecule is COc1ccc(OC(=O)CC(C)(C)CC(C)(C)CC(=O)Oc2ccc(OC)cc2)cc1. The van der Waals surface area contributed by atoms with Crippen molar-refractivity contribution in [1.82, 2.24) is 0 Å². The van der Waals surface area contributed by atoms with Crippen molar-refractivity contribution in [2.45, 2.75) is 47.0 Å². The smallest absolute Gasteiger partial charge is 0.311 e. The molecule has 0 radical (unpaired) electrons. The van der Waals surface area contributed by atoms with E-state index in [0.29, 0.717) is 29.4 Å². The molecule has 0 aliphatic heterocycles. The Balaban J connectivity index is 1.88. The highest BCUT2D eigenvalue weighted by atomic mass is 16.5. The first kappa shape index (κ1) is 24.3. The van der Waals surface area contributed by atoms with Crippen LogP contribution in [-0.2, 0) is 9.59 Å². The molecule has 6 nitrogen and oxygen atoms in total. The zero-order valence-electron chi connectivity index (χ0n) is 19.2. The van der Waals surface area contributed by atoms with Crippen LogP contribution in [0.4, 0.5) is 0 Å². The van der Waals surface area contributed by atoms with Gasteiger partial charge in [-0.25, -0.2) is 0 Å². The average molecular weight is 429 g/mol. The summed E-state index contributed by atoms with van der Waals surface area (Å²) in [6.07, 6.45) is 1.11. The number of hydrogen-bond donors (Lipinski definition) is 0. The van der Waals surface area contributed by atoms with Crippen LogP contribution in [0.5, 0.6) is 23.0 Å². The van der Waals surface area contributed by atoms with Crippen molar-refractivity contribution in [3.8, 4) is 23.0 Å². The second-order valence-corrected chi connectivity index (χ2v) is 9.16. The largest absolute Gasteiger partial charge is 0.497 e. The summed E-state index contributed by atoms with van der Waals surface area (Å²) >= 11 is 0. The van der Waals surface area contributed by atoms with E-state index in [1.807, 2.05) is 27.7 Å². The number of carbonyl (C=O) groups is 2. The van der Waals surface area contributed by atoms with Gasteiger partial charge in [-0.15, -0.1) is 0 Å². The predicted molar refractivity (Wildman–Crippen MR) is 119 cm³/mol. The maximum Gasteiger partial charge on any atom is 0.311 e. The molecule has 2 aromatic carbocycles. The van der Waals surface area contributed by atoms with Crippen molar-refractivity contribution >= 4 is 11.9 Å². The van der Waals surface area contributed by atoms with E-state index in [-0.39, 0.29) is 35.6 Å². The Bertz CT molecular complexity index is 792. The summed E-state index contributed by atoms with van der Waals surface area (Å²) in [7, 11) is 3.16. The monoisotopic (exact) mass is 428 g/mol. The Hall–Kier alpha value is -3.02. The number of methoxy groups -OCH3 is 2. The Labute approximate surface area is 184 Å². The normalized spacial score (nSPS) is 11.5. The quantitative estimate of drug-likeness (QED) is 0.371. The number of carbonyl (C=O) groups excluding carboxylic acids is 2. The van der Waals surface area contributed by atoms with Gasteiger partial charge in [-0.1, -0.05) is 27.7 Å². The number of benzene rings is 2. The van der Waals surface area contributed by atoms with Gasteiger partial charge in [0.25, 0.3) is 0 Å². The molecule has 0 N–H and O–H groups in total. The molecule has 0 fully saturated rings. The number of esters is 2. The van der Waals surface area contributed by atoms with Crippen LogP contribution in [0, 0.1) is 10.8 Å². The molecule has 168 valence electrons. The van der Waals surface area contributed by atoms with Crippen LogP contribution in [-0.4, -0.2) is 26.2 Å². The van der Waals surface area contributed by atoms with Gasteiger partial charge in [0.05, 0.1) is 27.1 Å². The highest BCUT2D eigenvalue weighted by Gasteiger charge is 2.33. The Morgan fingerprint density at radius 3 is 1.19 bits per heavy atom. The third-order valence-corrected chi connectivity index (χ3v) is 4.79. The molecule has 0 aromatic heterocycles. The van der Waals surface area contributed by atoms with Crippen molar-refractivity contribution < 1.29 is 28.5 Å². The van der Waals surface area contributed by atoms with Crippen LogP contribution in [0.15, 0.2) is 48.5 Å². The summed E-state index contributed by atoms with van der Waals surface area (Å²) in [4.78, 5) is 24.9. The minimum atomic E-state index is -0.354. The molecule has 0 bridgehead atoms. The summed E-state index contributed by atoms with van der Waals surface area (Å²) in [5.41, 5.74) is -0.707. The molecule has 6 heteroatoms. The molecule has 0 spiro atoms. The zero-order chi connectivity index (χ0) is 23.1. The molecule has 0 aliphatic carbocycles. The lowest BCUT2D eigenvalue weighted by Gasteiger charge is -2.33. The van der Waals surface area contributed by atoms with Crippen LogP contribution in [0.1, 0.15) is 47.0 Å². The maximum absolute atomic E-state index is 12.4. The molecule has 0 unspecified atom stereocenters. The van der Waals surface area contributed by atoms with E-state index in [9.17, 15) is 9.59 Å². The van der Waals surface area contributed by atoms with E-state index in [4.69, 9.17) is 18.9 Å². The highest BCUT2D eigenvalue weighted by molar-refractivity contribution is 5.74. The standard InChI is InChI=1S/C25H32O6/c1-24(2,15-22(26)30-20-11-7-18(28-5)8-12-20)17-25(3,4)16-23(27)31-21-13-9-19(29-6)10-14-21/h7-14H,15-17H2,1-6H3. The summed E-state index contributed by atoms with van der Waals surface area (Å²) in [5, 5.41) is 0. The maximum atomic E-state index is 12.4. The number of ether oxygens (including phenoxy) is 4. The van der Waals surface area contributed by atoms with Crippen molar-refractivity contribution in [2.24, 2.45) is 10.8 Å². The molecular formula is C25H32O6. The van der Waals surface area contributed by atoms with Crippen LogP contribution < -0.4 is 18.9 Å². The Morgan fingerprint density at radius 1 is 0.613 bits per heavy atom. The van der Waals surface area contributed by atoms with E-state index < -0.39 is 0 Å². The molecule has 0 heterocycles. The van der Waals surface area contributed by atoms with Gasteiger partial charge in [0, 0.05) is 0 Å². The summed E-state index contributed by atoms with van der Waals surface area (Å²) in [6, 6.07) is 13.8. The first-order valence-corrected chi connectivity index (χ1v) is 10.2. The Kier molecular flexibility index (Phi) is 8.08. The molecule has 0 saturated heterocycles. The lowest BCUT2D eigenvalue weighted by Crippen LogP contribution is -2.30. The fraction of sp³-hybridized carbons (Fsp3) is 0.440. The van der Waals surface area contributed by atoms with Gasteiger partial charge in [-0.3, -0.25) is 9.59 Å². The van der Waals surface area contributed by atoms with Gasteiger partial charge in [-0.2, -0.15) is 0 Å². The molecule has 0 saturated carbocycles. The summed E-state index contributed by atoms with van der Waals surface area (Å²) < 4.78 is 21.1. The van der Waals surface area contributed by atoms with Crippen molar-refractivity contribution in [2.75, 3.05) is 14.2 Å². The first-order chi connectivity index (χ1) is 14.5. The second-order valence-electron chi connectivity index (χ2n) is 9.16. The molecule has 31 heavy (non-hydrogen) atoms. The van der Waals surface area contributed by atoms with Gasteiger partial charge < -0.3 is 18.9 Å². The zero-order valence-corrected chi connectivity index (χ0v) is 19.2. The average Bonchev–Trinajstić information content (AvgIpc) is 2.67. The van der Waals surface area contributed by atoms with E-state index in [1.165, 1.54) is 0 Å². The van der Waals surface area contributed by atoms with Crippen LogP contribution >= 0.6 is 0 Å². The summed E-state index contributed by atoms with van der Waals surface area (Å²) in [5.74, 6) is 1.72. The molecule has 2 aromatic rings. The fourth-order valence-corrected chi connectivity index (χ4v) is 3.82. The highest BCUT2D eigenvalue weighted by Crippen LogP contribution is 2.39. The number of rotatable bonds is 10. The van der Waals surface area contributed by atoms with Gasteiger partial charge in [-0.05, 0) is 65.8 Å². The van der Waals surface area contributed by atoms with Gasteiger partial charge in [0.2, 0.25) is 0 Å². The first-order valence-electron chi connectivity index (χ1n) is 10.2. The second kappa shape index (κ2) is 10.3. The molecule has 0 atom stereocenters. The van der Waals surface area contributed by atoms with Crippen LogP contribution in [0.3, 0.4) is 0 Å². The molecule has 0 amide bonds. The van der Waals surface area contributed by atoms with E-state index >= 15 is 0 Å². The van der Waals surface area contributed by atoms with E-state index in [2.05, 4.69) is 0 Å². The Morgan fingerprint density at radius 2 is 0.903 bits per heavy atom. The van der Waals surface area contributed by atoms with E-state index in [1.54, 1.807) is 62.8 Å². The van der Waals surface area contributed by atoms with Gasteiger partial charge in [0.15, 0.2) is 0 Å². The third kappa shape index (κ3) is 8.32. The van der Waals surface area contributed by atoms with E-state index in [0.717, 1.165) is 0 Å². The topological polar surface area (TPSA) is 71.1 Å². The third-order valence-electron chi connectivity index (χ3n) is 4.79.